The van der Waals surface area contributed by atoms with Gasteiger partial charge in [-0.3, -0.25) is 19.2 Å². The fraction of sp³-hybridized carbons (Fsp3) is 0.467. The average molecular weight is 631 g/mol. The Morgan fingerprint density at radius 1 is 0.682 bits per heavy atom. The van der Waals surface area contributed by atoms with E-state index in [-0.39, 0.29) is 34.8 Å². The highest BCUT2D eigenvalue weighted by Crippen LogP contribution is 2.30. The van der Waals surface area contributed by atoms with Crippen LogP contribution in [0.4, 0.5) is 26.3 Å². The Labute approximate surface area is 249 Å². The second-order valence-electron chi connectivity index (χ2n) is 10.4. The van der Waals surface area contributed by atoms with Crippen LogP contribution in [0, 0.1) is 11.8 Å². The number of rotatable bonds is 5. The number of ether oxygens (including phenoxy) is 1. The minimum atomic E-state index is -4.43. The van der Waals surface area contributed by atoms with E-state index in [1.54, 1.807) is 11.8 Å². The van der Waals surface area contributed by atoms with Crippen LogP contribution < -0.4 is 0 Å². The molecule has 4 rings (SSSR count). The zero-order valence-corrected chi connectivity index (χ0v) is 23.8. The first-order valence-electron chi connectivity index (χ1n) is 13.9. The van der Waals surface area contributed by atoms with E-state index in [2.05, 4.69) is 0 Å². The molecule has 2 aromatic carbocycles. The normalized spacial score (nSPS) is 16.5. The highest BCUT2D eigenvalue weighted by atomic mass is 19.4. The van der Waals surface area contributed by atoms with Crippen LogP contribution in [0.1, 0.15) is 64.4 Å². The number of hydrogen-bond donors (Lipinski definition) is 1. The second kappa shape index (κ2) is 14.6. The molecule has 2 heterocycles. The average Bonchev–Trinajstić information content (AvgIpc) is 3.00. The van der Waals surface area contributed by atoms with E-state index in [0.717, 1.165) is 36.4 Å². The van der Waals surface area contributed by atoms with Crippen molar-refractivity contribution in [2.24, 2.45) is 11.8 Å². The Morgan fingerprint density at radius 3 is 1.32 bits per heavy atom. The predicted octanol–water partition coefficient (Wildman–Crippen LogP) is 5.76. The number of nitrogens with zero attached hydrogens (tertiary/aromatic N) is 2. The lowest BCUT2D eigenvalue weighted by molar-refractivity contribution is -0.149. The maximum absolute atomic E-state index is 12.5. The van der Waals surface area contributed by atoms with Gasteiger partial charge in [-0.15, -0.1) is 0 Å². The van der Waals surface area contributed by atoms with Crippen molar-refractivity contribution in [3.05, 3.63) is 70.8 Å². The highest BCUT2D eigenvalue weighted by molar-refractivity contribution is 5.95. The van der Waals surface area contributed by atoms with Crippen molar-refractivity contribution < 1.29 is 55.4 Å². The van der Waals surface area contributed by atoms with Gasteiger partial charge in [-0.05, 0) is 81.1 Å². The van der Waals surface area contributed by atoms with E-state index in [1.807, 2.05) is 0 Å². The van der Waals surface area contributed by atoms with Crippen LogP contribution in [-0.4, -0.2) is 71.4 Å². The standard InChI is InChI=1S/C16H18F3NO3.C14H14F3NO3/c1-2-23-15(22)12-7-9-20(10-8-12)14(21)11-3-5-13(6-4-11)16(17,18)19;15-14(16,17)11-3-1-9(2-4-11)12(19)18-7-5-10(6-8-18)13(20)21/h3-6,12H,2,7-10H2,1H3;1-4,10H,5-8H2,(H,20,21). The summed E-state index contributed by atoms with van der Waals surface area (Å²) in [5.41, 5.74) is -1.19. The lowest BCUT2D eigenvalue weighted by atomic mass is 9.96. The fourth-order valence-corrected chi connectivity index (χ4v) is 4.88. The third-order valence-corrected chi connectivity index (χ3v) is 7.45. The maximum Gasteiger partial charge on any atom is 0.416 e. The van der Waals surface area contributed by atoms with E-state index < -0.39 is 35.4 Å². The lowest BCUT2D eigenvalue weighted by Crippen LogP contribution is -2.40. The first kappa shape index (κ1) is 34.4. The molecule has 2 aliphatic heterocycles. The number of amides is 2. The zero-order valence-electron chi connectivity index (χ0n) is 23.8. The van der Waals surface area contributed by atoms with Gasteiger partial charge in [-0.25, -0.2) is 0 Å². The Kier molecular flexibility index (Phi) is 11.4. The fourth-order valence-electron chi connectivity index (χ4n) is 4.88. The molecular formula is C30H32F6N2O6. The number of hydrogen-bond acceptors (Lipinski definition) is 5. The Balaban J connectivity index is 0.000000241. The van der Waals surface area contributed by atoms with Crippen LogP contribution in [0.5, 0.6) is 0 Å². The molecule has 2 saturated heterocycles. The number of aliphatic carboxylic acids is 1. The molecule has 2 aromatic rings. The molecule has 0 bridgehead atoms. The summed E-state index contributed by atoms with van der Waals surface area (Å²) in [5.74, 6) is -2.49. The van der Waals surface area contributed by atoms with Gasteiger partial charge in [0.25, 0.3) is 11.8 Å². The lowest BCUT2D eigenvalue weighted by Gasteiger charge is -2.31. The van der Waals surface area contributed by atoms with Gasteiger partial charge in [-0.2, -0.15) is 26.3 Å². The number of carbonyl (C=O) groups excluding carboxylic acids is 3. The molecule has 0 aromatic heterocycles. The summed E-state index contributed by atoms with van der Waals surface area (Å²) < 4.78 is 79.8. The first-order chi connectivity index (χ1) is 20.6. The molecule has 0 atom stereocenters. The van der Waals surface area contributed by atoms with Crippen LogP contribution >= 0.6 is 0 Å². The van der Waals surface area contributed by atoms with Crippen LogP contribution in [0.2, 0.25) is 0 Å². The van der Waals surface area contributed by atoms with Gasteiger partial charge in [-0.1, -0.05) is 0 Å². The number of benzene rings is 2. The predicted molar refractivity (Wildman–Crippen MR) is 144 cm³/mol. The zero-order chi connectivity index (χ0) is 32.7. The summed E-state index contributed by atoms with van der Waals surface area (Å²) >= 11 is 0. The summed E-state index contributed by atoms with van der Waals surface area (Å²) in [7, 11) is 0. The van der Waals surface area contributed by atoms with Crippen LogP contribution in [0.3, 0.4) is 0 Å². The number of carboxylic acids is 1. The molecule has 44 heavy (non-hydrogen) atoms. The molecule has 2 amide bonds. The molecule has 0 saturated carbocycles. The van der Waals surface area contributed by atoms with Gasteiger partial charge >= 0.3 is 24.3 Å². The van der Waals surface area contributed by atoms with Crippen LogP contribution in [-0.2, 0) is 26.7 Å². The summed E-state index contributed by atoms with van der Waals surface area (Å²) in [6, 6.07) is 8.21. The van der Waals surface area contributed by atoms with Crippen molar-refractivity contribution in [1.82, 2.24) is 9.80 Å². The van der Waals surface area contributed by atoms with E-state index in [0.29, 0.717) is 58.5 Å². The number of halogens is 6. The molecule has 0 spiro atoms. The van der Waals surface area contributed by atoms with Crippen molar-refractivity contribution in [1.29, 1.82) is 0 Å². The van der Waals surface area contributed by atoms with E-state index in [9.17, 15) is 45.5 Å². The van der Waals surface area contributed by atoms with Gasteiger partial charge in [0.1, 0.15) is 0 Å². The second-order valence-corrected chi connectivity index (χ2v) is 10.4. The third-order valence-electron chi connectivity index (χ3n) is 7.45. The van der Waals surface area contributed by atoms with Gasteiger partial charge < -0.3 is 19.6 Å². The SMILES string of the molecule is CCOC(=O)C1CCN(C(=O)c2ccc(C(F)(F)F)cc2)CC1.O=C(O)C1CCN(C(=O)c2ccc(C(F)(F)F)cc2)CC1. The minimum absolute atomic E-state index is 0.178. The van der Waals surface area contributed by atoms with Crippen molar-refractivity contribution in [3.8, 4) is 0 Å². The molecule has 0 unspecified atom stereocenters. The monoisotopic (exact) mass is 630 g/mol. The molecule has 240 valence electrons. The molecule has 8 nitrogen and oxygen atoms in total. The molecule has 2 aliphatic rings. The number of likely N-dealkylation sites (tertiary alicyclic amines) is 2. The number of alkyl halides is 6. The number of piperidine rings is 2. The topological polar surface area (TPSA) is 104 Å². The quantitative estimate of drug-likeness (QED) is 0.333. The number of carbonyl (C=O) groups is 4. The van der Waals surface area contributed by atoms with Crippen LogP contribution in [0.15, 0.2) is 48.5 Å². The Bertz CT molecular complexity index is 1300. The Morgan fingerprint density at radius 2 is 1.02 bits per heavy atom. The maximum atomic E-state index is 12.5. The highest BCUT2D eigenvalue weighted by Gasteiger charge is 2.33. The molecule has 0 aliphatic carbocycles. The molecule has 1 N–H and O–H groups in total. The van der Waals surface area contributed by atoms with Crippen molar-refractivity contribution in [3.63, 3.8) is 0 Å². The van der Waals surface area contributed by atoms with Crippen molar-refractivity contribution >= 4 is 23.8 Å². The molecule has 2 fully saturated rings. The van der Waals surface area contributed by atoms with E-state index >= 15 is 0 Å². The Hall–Kier alpha value is -4.10. The van der Waals surface area contributed by atoms with Gasteiger partial charge in [0, 0.05) is 37.3 Å². The minimum Gasteiger partial charge on any atom is -0.481 e. The largest absolute Gasteiger partial charge is 0.481 e. The van der Waals surface area contributed by atoms with E-state index in [1.165, 1.54) is 17.0 Å². The van der Waals surface area contributed by atoms with Gasteiger partial charge in [0.2, 0.25) is 0 Å². The molecular weight excluding hydrogens is 598 g/mol. The number of carboxylic acid groups (broad SMARTS) is 1. The summed E-state index contributed by atoms with van der Waals surface area (Å²) in [4.78, 5) is 49.9. The van der Waals surface area contributed by atoms with Crippen molar-refractivity contribution in [2.45, 2.75) is 45.0 Å². The number of esters is 1. The molecule has 14 heteroatoms. The summed E-state index contributed by atoms with van der Waals surface area (Å²) in [6.45, 7) is 3.45. The summed E-state index contributed by atoms with van der Waals surface area (Å²) in [5, 5.41) is 8.88. The van der Waals surface area contributed by atoms with E-state index in [4.69, 9.17) is 9.84 Å². The van der Waals surface area contributed by atoms with Gasteiger partial charge in [0.15, 0.2) is 0 Å². The molecule has 0 radical (unpaired) electrons. The van der Waals surface area contributed by atoms with Crippen molar-refractivity contribution in [2.75, 3.05) is 32.8 Å². The van der Waals surface area contributed by atoms with Crippen LogP contribution in [0.25, 0.3) is 0 Å². The third kappa shape index (κ3) is 9.20. The summed E-state index contributed by atoms with van der Waals surface area (Å²) in [6.07, 6.45) is -7.11. The van der Waals surface area contributed by atoms with Gasteiger partial charge in [0.05, 0.1) is 29.6 Å². The first-order valence-corrected chi connectivity index (χ1v) is 13.9. The smallest absolute Gasteiger partial charge is 0.416 e.